The SMILES string of the molecule is FC(F)(F)c1csc(-c2nccc(-c3ccco3)n2)n1. The van der Waals surface area contributed by atoms with Crippen LogP contribution in [0.5, 0.6) is 0 Å². The highest BCUT2D eigenvalue weighted by atomic mass is 32.1. The second kappa shape index (κ2) is 4.71. The first-order valence-corrected chi connectivity index (χ1v) is 6.32. The van der Waals surface area contributed by atoms with Crippen molar-refractivity contribution in [1.82, 2.24) is 15.0 Å². The lowest BCUT2D eigenvalue weighted by Crippen LogP contribution is -2.05. The van der Waals surface area contributed by atoms with Crippen molar-refractivity contribution in [2.45, 2.75) is 6.18 Å². The summed E-state index contributed by atoms with van der Waals surface area (Å²) >= 11 is 0.849. The molecule has 0 N–H and O–H groups in total. The summed E-state index contributed by atoms with van der Waals surface area (Å²) in [5.41, 5.74) is -0.451. The number of rotatable bonds is 2. The zero-order valence-electron chi connectivity index (χ0n) is 9.76. The summed E-state index contributed by atoms with van der Waals surface area (Å²) in [5, 5.41) is 1.06. The Hall–Kier alpha value is -2.22. The predicted octanol–water partition coefficient (Wildman–Crippen LogP) is 3.88. The van der Waals surface area contributed by atoms with Gasteiger partial charge in [-0.15, -0.1) is 11.3 Å². The van der Waals surface area contributed by atoms with Crippen LogP contribution in [0.25, 0.3) is 22.3 Å². The fraction of sp³-hybridized carbons (Fsp3) is 0.0833. The minimum absolute atomic E-state index is 0.116. The number of aromatic nitrogens is 3. The lowest BCUT2D eigenvalue weighted by Gasteiger charge is -2.00. The van der Waals surface area contributed by atoms with Gasteiger partial charge in [-0.2, -0.15) is 13.2 Å². The van der Waals surface area contributed by atoms with E-state index in [0.717, 1.165) is 16.7 Å². The van der Waals surface area contributed by atoms with Gasteiger partial charge in [-0.25, -0.2) is 15.0 Å². The molecule has 0 atom stereocenters. The van der Waals surface area contributed by atoms with Gasteiger partial charge in [0.1, 0.15) is 5.69 Å². The quantitative estimate of drug-likeness (QED) is 0.720. The summed E-state index contributed by atoms with van der Waals surface area (Å²) in [6, 6.07) is 5.01. The van der Waals surface area contributed by atoms with E-state index >= 15 is 0 Å². The van der Waals surface area contributed by atoms with E-state index in [2.05, 4.69) is 15.0 Å². The van der Waals surface area contributed by atoms with Crippen molar-refractivity contribution in [3.8, 4) is 22.3 Å². The maximum Gasteiger partial charge on any atom is 0.434 e. The van der Waals surface area contributed by atoms with Gasteiger partial charge < -0.3 is 4.42 Å². The minimum atomic E-state index is -4.46. The maximum absolute atomic E-state index is 12.5. The molecule has 0 aliphatic carbocycles. The molecule has 8 heteroatoms. The Balaban J connectivity index is 1.99. The standard InChI is InChI=1S/C12H6F3N3OS/c13-12(14,15)9-6-20-11(18-9)10-16-4-3-7(17-10)8-2-1-5-19-8/h1-6H. The van der Waals surface area contributed by atoms with Crippen molar-refractivity contribution >= 4 is 11.3 Å². The molecular formula is C12H6F3N3OS. The van der Waals surface area contributed by atoms with Crippen molar-refractivity contribution < 1.29 is 17.6 Å². The number of nitrogens with zero attached hydrogens (tertiary/aromatic N) is 3. The van der Waals surface area contributed by atoms with Crippen LogP contribution in [0.2, 0.25) is 0 Å². The van der Waals surface area contributed by atoms with Crippen LogP contribution in [0.4, 0.5) is 13.2 Å². The summed E-state index contributed by atoms with van der Waals surface area (Å²) in [7, 11) is 0. The molecule has 0 spiro atoms. The monoisotopic (exact) mass is 297 g/mol. The average Bonchev–Trinajstić information content (AvgIpc) is 3.10. The molecule has 20 heavy (non-hydrogen) atoms. The van der Waals surface area contributed by atoms with E-state index in [1.807, 2.05) is 0 Å². The molecule has 0 amide bonds. The first-order valence-electron chi connectivity index (χ1n) is 5.44. The van der Waals surface area contributed by atoms with Gasteiger partial charge in [-0.1, -0.05) is 0 Å². The molecule has 0 radical (unpaired) electrons. The van der Waals surface area contributed by atoms with Gasteiger partial charge in [0.15, 0.2) is 22.3 Å². The summed E-state index contributed by atoms with van der Waals surface area (Å²) < 4.78 is 42.7. The Morgan fingerprint density at radius 2 is 2.00 bits per heavy atom. The topological polar surface area (TPSA) is 51.8 Å². The zero-order valence-corrected chi connectivity index (χ0v) is 10.6. The van der Waals surface area contributed by atoms with E-state index in [1.165, 1.54) is 12.5 Å². The van der Waals surface area contributed by atoms with Crippen molar-refractivity contribution in [1.29, 1.82) is 0 Å². The van der Waals surface area contributed by atoms with Gasteiger partial charge in [0.05, 0.1) is 6.26 Å². The summed E-state index contributed by atoms with van der Waals surface area (Å²) in [4.78, 5) is 11.6. The summed E-state index contributed by atoms with van der Waals surface area (Å²) in [5.74, 6) is 0.653. The zero-order chi connectivity index (χ0) is 14.2. The highest BCUT2D eigenvalue weighted by Gasteiger charge is 2.34. The first kappa shape index (κ1) is 12.8. The van der Waals surface area contributed by atoms with E-state index in [1.54, 1.807) is 18.2 Å². The Morgan fingerprint density at radius 1 is 1.15 bits per heavy atom. The Kier molecular flexibility index (Phi) is 3.01. The average molecular weight is 297 g/mol. The van der Waals surface area contributed by atoms with Crippen molar-refractivity contribution in [3.63, 3.8) is 0 Å². The fourth-order valence-electron chi connectivity index (χ4n) is 1.53. The molecule has 0 saturated carbocycles. The number of thiazole rings is 1. The van der Waals surface area contributed by atoms with E-state index in [0.29, 0.717) is 11.5 Å². The second-order valence-electron chi connectivity index (χ2n) is 3.78. The van der Waals surface area contributed by atoms with Crippen LogP contribution in [-0.4, -0.2) is 15.0 Å². The summed E-state index contributed by atoms with van der Waals surface area (Å²) in [6.07, 6.45) is -1.52. The Labute approximate surface area is 115 Å². The Morgan fingerprint density at radius 3 is 2.65 bits per heavy atom. The molecule has 0 aliphatic heterocycles. The third kappa shape index (κ3) is 2.42. The third-order valence-corrected chi connectivity index (χ3v) is 3.25. The van der Waals surface area contributed by atoms with Crippen molar-refractivity contribution in [2.75, 3.05) is 0 Å². The van der Waals surface area contributed by atoms with E-state index in [9.17, 15) is 13.2 Å². The fourth-order valence-corrected chi connectivity index (χ4v) is 2.29. The van der Waals surface area contributed by atoms with Gasteiger partial charge >= 0.3 is 6.18 Å². The number of alkyl halides is 3. The predicted molar refractivity (Wildman–Crippen MR) is 65.8 cm³/mol. The molecule has 0 aromatic carbocycles. The minimum Gasteiger partial charge on any atom is -0.463 e. The number of hydrogen-bond acceptors (Lipinski definition) is 5. The maximum atomic E-state index is 12.5. The molecule has 0 fully saturated rings. The van der Waals surface area contributed by atoms with E-state index in [-0.39, 0.29) is 10.8 Å². The van der Waals surface area contributed by atoms with Crippen LogP contribution < -0.4 is 0 Å². The smallest absolute Gasteiger partial charge is 0.434 e. The van der Waals surface area contributed by atoms with Crippen LogP contribution in [0.1, 0.15) is 5.69 Å². The Bertz CT molecular complexity index is 722. The number of halogens is 3. The molecule has 3 aromatic heterocycles. The molecule has 0 saturated heterocycles. The lowest BCUT2D eigenvalue weighted by molar-refractivity contribution is -0.140. The van der Waals surface area contributed by atoms with Crippen molar-refractivity contribution in [3.05, 3.63) is 41.7 Å². The molecule has 4 nitrogen and oxygen atoms in total. The van der Waals surface area contributed by atoms with Crippen LogP contribution in [-0.2, 0) is 6.18 Å². The molecular weight excluding hydrogens is 291 g/mol. The van der Waals surface area contributed by atoms with Gasteiger partial charge in [-0.05, 0) is 18.2 Å². The third-order valence-electron chi connectivity index (χ3n) is 2.42. The largest absolute Gasteiger partial charge is 0.463 e. The van der Waals surface area contributed by atoms with Crippen LogP contribution in [0.3, 0.4) is 0 Å². The highest BCUT2D eigenvalue weighted by molar-refractivity contribution is 7.13. The molecule has 0 bridgehead atoms. The van der Waals surface area contributed by atoms with Gasteiger partial charge in [0.2, 0.25) is 0 Å². The molecule has 0 unspecified atom stereocenters. The molecule has 102 valence electrons. The van der Waals surface area contributed by atoms with Crippen LogP contribution >= 0.6 is 11.3 Å². The van der Waals surface area contributed by atoms with Crippen LogP contribution in [0.15, 0.2) is 40.5 Å². The number of hydrogen-bond donors (Lipinski definition) is 0. The second-order valence-corrected chi connectivity index (χ2v) is 4.64. The summed E-state index contributed by atoms with van der Waals surface area (Å²) in [6.45, 7) is 0. The van der Waals surface area contributed by atoms with Crippen molar-refractivity contribution in [2.24, 2.45) is 0 Å². The van der Waals surface area contributed by atoms with Crippen LogP contribution in [0, 0.1) is 0 Å². The highest BCUT2D eigenvalue weighted by Crippen LogP contribution is 2.32. The van der Waals surface area contributed by atoms with Gasteiger partial charge in [-0.3, -0.25) is 0 Å². The number of furan rings is 1. The van der Waals surface area contributed by atoms with E-state index < -0.39 is 11.9 Å². The molecule has 3 aromatic rings. The normalized spacial score (nSPS) is 11.8. The van der Waals surface area contributed by atoms with Gasteiger partial charge in [0, 0.05) is 11.6 Å². The van der Waals surface area contributed by atoms with Gasteiger partial charge in [0.25, 0.3) is 0 Å². The lowest BCUT2D eigenvalue weighted by atomic mass is 10.3. The molecule has 3 rings (SSSR count). The molecule has 3 heterocycles. The first-order chi connectivity index (χ1) is 9.54. The van der Waals surface area contributed by atoms with E-state index in [4.69, 9.17) is 4.42 Å². The molecule has 0 aliphatic rings.